The molecule has 0 saturated carbocycles. The monoisotopic (exact) mass is 370 g/mol. The van der Waals surface area contributed by atoms with E-state index in [9.17, 15) is 4.79 Å². The van der Waals surface area contributed by atoms with Crippen LogP contribution in [0.2, 0.25) is 0 Å². The van der Waals surface area contributed by atoms with E-state index in [1.54, 1.807) is 21.3 Å². The first kappa shape index (κ1) is 20.5. The highest BCUT2D eigenvalue weighted by molar-refractivity contribution is 5.87. The summed E-state index contributed by atoms with van der Waals surface area (Å²) >= 11 is 0. The first-order valence-corrected chi connectivity index (χ1v) is 8.61. The smallest absolute Gasteiger partial charge is 0.333 e. The molecule has 5 heteroatoms. The number of benzene rings is 2. The Hall–Kier alpha value is -2.79. The van der Waals surface area contributed by atoms with E-state index in [1.165, 1.54) is 7.11 Å². The Bertz CT molecular complexity index is 715. The second-order valence-electron chi connectivity index (χ2n) is 6.08. The number of carbonyl (C=O) groups excluding carboxylic acids is 1. The van der Waals surface area contributed by atoms with Crippen molar-refractivity contribution < 1.29 is 23.7 Å². The van der Waals surface area contributed by atoms with E-state index in [4.69, 9.17) is 18.9 Å². The standard InChI is InChI=1S/C22H26O5/c1-16(21(23)26-4)14-15-22(27-5,17-6-10-19(24-2)11-7-17)18-8-12-20(25-3)13-9-18/h6-13H,1,14-15H2,2-5H3. The van der Waals surface area contributed by atoms with Gasteiger partial charge in [0, 0.05) is 12.7 Å². The van der Waals surface area contributed by atoms with Gasteiger partial charge in [0.1, 0.15) is 17.1 Å². The van der Waals surface area contributed by atoms with Gasteiger partial charge in [0.15, 0.2) is 0 Å². The highest BCUT2D eigenvalue weighted by Crippen LogP contribution is 2.39. The van der Waals surface area contributed by atoms with E-state index in [2.05, 4.69) is 6.58 Å². The van der Waals surface area contributed by atoms with Gasteiger partial charge in [0.05, 0.1) is 21.3 Å². The molecule has 0 amide bonds. The zero-order valence-electron chi connectivity index (χ0n) is 16.3. The molecular weight excluding hydrogens is 344 g/mol. The summed E-state index contributed by atoms with van der Waals surface area (Å²) in [7, 11) is 6.27. The molecule has 5 nitrogen and oxygen atoms in total. The molecule has 2 aromatic rings. The van der Waals surface area contributed by atoms with E-state index in [1.807, 2.05) is 48.5 Å². The Kier molecular flexibility index (Phi) is 7.02. The van der Waals surface area contributed by atoms with Gasteiger partial charge in [-0.25, -0.2) is 4.79 Å². The lowest BCUT2D eigenvalue weighted by Gasteiger charge is -2.34. The van der Waals surface area contributed by atoms with Crippen LogP contribution in [-0.4, -0.2) is 34.4 Å². The number of esters is 1. The molecular formula is C22H26O5. The minimum Gasteiger partial charge on any atom is -0.497 e. The third-order valence-electron chi connectivity index (χ3n) is 4.71. The van der Waals surface area contributed by atoms with Crippen molar-refractivity contribution in [3.8, 4) is 11.5 Å². The number of rotatable bonds is 9. The quantitative estimate of drug-likeness (QED) is 0.491. The Morgan fingerprint density at radius 2 is 1.30 bits per heavy atom. The van der Waals surface area contributed by atoms with Crippen molar-refractivity contribution >= 4 is 5.97 Å². The van der Waals surface area contributed by atoms with E-state index in [-0.39, 0.29) is 0 Å². The zero-order chi connectivity index (χ0) is 19.9. The maximum atomic E-state index is 11.8. The Balaban J connectivity index is 2.46. The highest BCUT2D eigenvalue weighted by Gasteiger charge is 2.35. The summed E-state index contributed by atoms with van der Waals surface area (Å²) in [6.45, 7) is 3.83. The molecule has 2 aromatic carbocycles. The van der Waals surface area contributed by atoms with Crippen LogP contribution in [0.15, 0.2) is 60.7 Å². The number of methoxy groups -OCH3 is 4. The van der Waals surface area contributed by atoms with Crippen molar-refractivity contribution in [1.29, 1.82) is 0 Å². The second kappa shape index (κ2) is 9.24. The fourth-order valence-corrected chi connectivity index (χ4v) is 3.09. The molecule has 0 saturated heterocycles. The maximum absolute atomic E-state index is 11.8. The molecule has 0 fully saturated rings. The van der Waals surface area contributed by atoms with Crippen molar-refractivity contribution in [2.75, 3.05) is 28.4 Å². The van der Waals surface area contributed by atoms with Crippen LogP contribution in [0, 0.1) is 0 Å². The summed E-state index contributed by atoms with van der Waals surface area (Å²) in [5, 5.41) is 0. The van der Waals surface area contributed by atoms with Gasteiger partial charge in [0.2, 0.25) is 0 Å². The molecule has 0 unspecified atom stereocenters. The largest absolute Gasteiger partial charge is 0.497 e. The maximum Gasteiger partial charge on any atom is 0.333 e. The van der Waals surface area contributed by atoms with Crippen LogP contribution >= 0.6 is 0 Å². The Morgan fingerprint density at radius 1 is 0.852 bits per heavy atom. The highest BCUT2D eigenvalue weighted by atomic mass is 16.5. The van der Waals surface area contributed by atoms with E-state index in [0.717, 1.165) is 22.6 Å². The molecule has 0 radical (unpaired) electrons. The van der Waals surface area contributed by atoms with Crippen LogP contribution < -0.4 is 9.47 Å². The molecule has 0 spiro atoms. The summed E-state index contributed by atoms with van der Waals surface area (Å²) in [5.74, 6) is 1.11. The molecule has 0 aliphatic rings. The molecule has 0 atom stereocenters. The fraction of sp³-hybridized carbons (Fsp3) is 0.318. The average molecular weight is 370 g/mol. The molecule has 0 aliphatic carbocycles. The Labute approximate surface area is 160 Å². The summed E-state index contributed by atoms with van der Waals surface area (Å²) in [6, 6.07) is 15.4. The van der Waals surface area contributed by atoms with Gasteiger partial charge in [0.25, 0.3) is 0 Å². The minimum absolute atomic E-state index is 0.404. The lowest BCUT2D eigenvalue weighted by Crippen LogP contribution is -2.30. The molecule has 0 N–H and O–H groups in total. The fourth-order valence-electron chi connectivity index (χ4n) is 3.09. The van der Waals surface area contributed by atoms with Crippen LogP contribution in [-0.2, 0) is 19.9 Å². The van der Waals surface area contributed by atoms with E-state index >= 15 is 0 Å². The van der Waals surface area contributed by atoms with Gasteiger partial charge < -0.3 is 18.9 Å². The predicted octanol–water partition coefficient (Wildman–Crippen LogP) is 4.10. The van der Waals surface area contributed by atoms with Gasteiger partial charge in [-0.3, -0.25) is 0 Å². The van der Waals surface area contributed by atoms with Crippen LogP contribution in [0.5, 0.6) is 11.5 Å². The first-order chi connectivity index (χ1) is 13.0. The average Bonchev–Trinajstić information content (AvgIpc) is 2.74. The normalized spacial score (nSPS) is 11.0. The van der Waals surface area contributed by atoms with Crippen LogP contribution in [0.4, 0.5) is 0 Å². The van der Waals surface area contributed by atoms with Gasteiger partial charge in [-0.2, -0.15) is 0 Å². The third kappa shape index (κ3) is 4.49. The van der Waals surface area contributed by atoms with Crippen LogP contribution in [0.25, 0.3) is 0 Å². The molecule has 0 heterocycles. The van der Waals surface area contributed by atoms with Crippen molar-refractivity contribution in [3.05, 3.63) is 71.8 Å². The first-order valence-electron chi connectivity index (χ1n) is 8.61. The van der Waals surface area contributed by atoms with Crippen molar-refractivity contribution in [3.63, 3.8) is 0 Å². The summed E-state index contributed by atoms with van der Waals surface area (Å²) in [5.41, 5.74) is 1.55. The third-order valence-corrected chi connectivity index (χ3v) is 4.71. The molecule has 144 valence electrons. The lowest BCUT2D eigenvalue weighted by molar-refractivity contribution is -0.136. The van der Waals surface area contributed by atoms with Gasteiger partial charge >= 0.3 is 5.97 Å². The zero-order valence-corrected chi connectivity index (χ0v) is 16.3. The summed E-state index contributed by atoms with van der Waals surface area (Å²) in [6.07, 6.45) is 0.953. The number of hydrogen-bond donors (Lipinski definition) is 0. The minimum atomic E-state index is -0.754. The van der Waals surface area contributed by atoms with Gasteiger partial charge in [-0.1, -0.05) is 30.8 Å². The van der Waals surface area contributed by atoms with Crippen molar-refractivity contribution in [1.82, 2.24) is 0 Å². The predicted molar refractivity (Wildman–Crippen MR) is 104 cm³/mol. The SMILES string of the molecule is C=C(CCC(OC)(c1ccc(OC)cc1)c1ccc(OC)cc1)C(=O)OC. The number of hydrogen-bond acceptors (Lipinski definition) is 5. The molecule has 0 bridgehead atoms. The second-order valence-corrected chi connectivity index (χ2v) is 6.08. The molecule has 0 aliphatic heterocycles. The topological polar surface area (TPSA) is 54.0 Å². The van der Waals surface area contributed by atoms with Crippen LogP contribution in [0.1, 0.15) is 24.0 Å². The summed E-state index contributed by atoms with van der Waals surface area (Å²) in [4.78, 5) is 11.8. The molecule has 27 heavy (non-hydrogen) atoms. The lowest BCUT2D eigenvalue weighted by atomic mass is 9.81. The summed E-state index contributed by atoms with van der Waals surface area (Å²) < 4.78 is 21.3. The van der Waals surface area contributed by atoms with Gasteiger partial charge in [-0.05, 0) is 48.2 Å². The van der Waals surface area contributed by atoms with Crippen molar-refractivity contribution in [2.24, 2.45) is 0 Å². The van der Waals surface area contributed by atoms with Gasteiger partial charge in [-0.15, -0.1) is 0 Å². The van der Waals surface area contributed by atoms with E-state index < -0.39 is 11.6 Å². The van der Waals surface area contributed by atoms with Crippen LogP contribution in [0.3, 0.4) is 0 Å². The van der Waals surface area contributed by atoms with E-state index in [0.29, 0.717) is 18.4 Å². The Morgan fingerprint density at radius 3 is 1.63 bits per heavy atom. The molecule has 2 rings (SSSR count). The molecule has 0 aromatic heterocycles. The van der Waals surface area contributed by atoms with Crippen molar-refractivity contribution in [2.45, 2.75) is 18.4 Å². The number of carbonyl (C=O) groups is 1. The number of ether oxygens (including phenoxy) is 4.